The van der Waals surface area contributed by atoms with Gasteiger partial charge in [0.05, 0.1) is 12.3 Å². The summed E-state index contributed by atoms with van der Waals surface area (Å²) >= 11 is 0. The number of carbonyl (C=O) groups excluding carboxylic acids is 1. The first-order valence-corrected chi connectivity index (χ1v) is 7.23. The number of rotatable bonds is 3. The van der Waals surface area contributed by atoms with Crippen molar-refractivity contribution in [1.82, 2.24) is 4.90 Å². The van der Waals surface area contributed by atoms with Crippen LogP contribution in [-0.2, 0) is 0 Å². The molecule has 0 saturated carbocycles. The number of hydrogen-bond acceptors (Lipinski definition) is 5. The maximum Gasteiger partial charge on any atom is 0.339 e. The first-order chi connectivity index (χ1) is 10.6. The summed E-state index contributed by atoms with van der Waals surface area (Å²) < 4.78 is 15.8. The smallest absolute Gasteiger partial charge is 0.339 e. The number of furan rings is 1. The highest BCUT2D eigenvalue weighted by atomic mass is 16.5. The van der Waals surface area contributed by atoms with Gasteiger partial charge in [0, 0.05) is 32.0 Å². The molecule has 22 heavy (non-hydrogen) atoms. The van der Waals surface area contributed by atoms with Gasteiger partial charge in [0.1, 0.15) is 17.6 Å². The van der Waals surface area contributed by atoms with Crippen LogP contribution < -0.4 is 10.4 Å². The molecule has 0 bridgehead atoms. The summed E-state index contributed by atoms with van der Waals surface area (Å²) in [4.78, 5) is 25.2. The van der Waals surface area contributed by atoms with Crippen LogP contribution in [0.5, 0.6) is 5.75 Å². The van der Waals surface area contributed by atoms with Gasteiger partial charge in [0.25, 0.3) is 5.91 Å². The molecule has 0 spiro atoms. The Morgan fingerprint density at radius 3 is 2.73 bits per heavy atom. The number of amides is 1. The highest BCUT2D eigenvalue weighted by Gasteiger charge is 2.26. The van der Waals surface area contributed by atoms with Gasteiger partial charge in [-0.15, -0.1) is 0 Å². The van der Waals surface area contributed by atoms with E-state index in [1.54, 1.807) is 30.0 Å². The Balaban J connectivity index is 1.57. The van der Waals surface area contributed by atoms with E-state index in [9.17, 15) is 9.59 Å². The van der Waals surface area contributed by atoms with Gasteiger partial charge in [0.15, 0.2) is 5.76 Å². The first kappa shape index (κ1) is 14.4. The molecule has 1 saturated heterocycles. The summed E-state index contributed by atoms with van der Waals surface area (Å²) in [6.07, 6.45) is 2.91. The van der Waals surface area contributed by atoms with Crippen LogP contribution in [0.15, 0.2) is 44.2 Å². The Morgan fingerprint density at radius 1 is 1.32 bits per heavy atom. The molecule has 3 heterocycles. The molecule has 1 aliphatic heterocycles. The topological polar surface area (TPSA) is 72.9 Å². The predicted octanol–water partition coefficient (Wildman–Crippen LogP) is 2.22. The summed E-state index contributed by atoms with van der Waals surface area (Å²) in [5, 5.41) is 0. The Morgan fingerprint density at radius 2 is 2.09 bits per heavy atom. The second kappa shape index (κ2) is 6.09. The van der Waals surface area contributed by atoms with Crippen molar-refractivity contribution in [1.29, 1.82) is 0 Å². The molecule has 6 nitrogen and oxygen atoms in total. The molecule has 0 N–H and O–H groups in total. The second-order valence-corrected chi connectivity index (χ2v) is 5.31. The first-order valence-electron chi connectivity index (χ1n) is 7.23. The van der Waals surface area contributed by atoms with E-state index in [1.165, 1.54) is 12.3 Å². The van der Waals surface area contributed by atoms with E-state index in [1.807, 2.05) is 0 Å². The zero-order chi connectivity index (χ0) is 15.5. The molecular weight excluding hydrogens is 286 g/mol. The lowest BCUT2D eigenvalue weighted by molar-refractivity contribution is 0.0565. The zero-order valence-corrected chi connectivity index (χ0v) is 12.3. The lowest BCUT2D eigenvalue weighted by Crippen LogP contribution is -2.41. The van der Waals surface area contributed by atoms with Crippen molar-refractivity contribution in [3.63, 3.8) is 0 Å². The summed E-state index contributed by atoms with van der Waals surface area (Å²) in [5.41, 5.74) is -0.416. The van der Waals surface area contributed by atoms with E-state index in [0.29, 0.717) is 43.2 Å². The summed E-state index contributed by atoms with van der Waals surface area (Å²) in [6.45, 7) is 2.91. The average Bonchev–Trinajstić information content (AvgIpc) is 3.00. The molecule has 116 valence electrons. The fourth-order valence-corrected chi connectivity index (χ4v) is 2.57. The zero-order valence-electron chi connectivity index (χ0n) is 12.3. The van der Waals surface area contributed by atoms with Crippen molar-refractivity contribution in [2.24, 2.45) is 0 Å². The molecule has 0 unspecified atom stereocenters. The summed E-state index contributed by atoms with van der Waals surface area (Å²) in [5.74, 6) is 1.30. The molecule has 0 aliphatic carbocycles. The molecule has 2 aromatic heterocycles. The Hall–Kier alpha value is -2.50. The molecule has 3 rings (SSSR count). The van der Waals surface area contributed by atoms with Crippen molar-refractivity contribution < 1.29 is 18.4 Å². The fourth-order valence-electron chi connectivity index (χ4n) is 2.57. The lowest BCUT2D eigenvalue weighted by Gasteiger charge is -2.31. The Labute approximate surface area is 127 Å². The van der Waals surface area contributed by atoms with Gasteiger partial charge >= 0.3 is 5.63 Å². The Kier molecular flexibility index (Phi) is 4.00. The van der Waals surface area contributed by atoms with Crippen molar-refractivity contribution in [2.75, 3.05) is 13.1 Å². The van der Waals surface area contributed by atoms with Gasteiger partial charge in [-0.2, -0.15) is 0 Å². The molecule has 1 aliphatic rings. The highest BCUT2D eigenvalue weighted by molar-refractivity contribution is 5.91. The maximum absolute atomic E-state index is 12.2. The lowest BCUT2D eigenvalue weighted by atomic mass is 10.1. The van der Waals surface area contributed by atoms with Gasteiger partial charge in [-0.3, -0.25) is 4.79 Å². The minimum absolute atomic E-state index is 0.0122. The van der Waals surface area contributed by atoms with Crippen LogP contribution in [-0.4, -0.2) is 30.0 Å². The van der Waals surface area contributed by atoms with Crippen LogP contribution >= 0.6 is 0 Å². The second-order valence-electron chi connectivity index (χ2n) is 5.31. The monoisotopic (exact) mass is 303 g/mol. The van der Waals surface area contributed by atoms with Crippen molar-refractivity contribution in [2.45, 2.75) is 25.9 Å². The minimum Gasteiger partial charge on any atom is -0.490 e. The summed E-state index contributed by atoms with van der Waals surface area (Å²) in [7, 11) is 0. The standard InChI is InChI=1S/C16H17NO5/c1-11-9-13(10-15(18)21-11)22-12-4-6-17(7-5-12)16(19)14-3-2-8-20-14/h2-3,8-10,12H,4-7H2,1H3. The van der Waals surface area contributed by atoms with Crippen LogP contribution in [0.1, 0.15) is 29.2 Å². The molecule has 1 fully saturated rings. The third-order valence-corrected chi connectivity index (χ3v) is 3.63. The number of carbonyl (C=O) groups is 1. The van der Waals surface area contributed by atoms with Crippen LogP contribution in [0.25, 0.3) is 0 Å². The number of nitrogens with zero attached hydrogens (tertiary/aromatic N) is 1. The van der Waals surface area contributed by atoms with E-state index >= 15 is 0 Å². The van der Waals surface area contributed by atoms with Crippen molar-refractivity contribution in [3.8, 4) is 5.75 Å². The molecule has 0 atom stereocenters. The van der Waals surface area contributed by atoms with Crippen LogP contribution in [0.4, 0.5) is 0 Å². The minimum atomic E-state index is -0.416. The molecular formula is C16H17NO5. The quantitative estimate of drug-likeness (QED) is 0.869. The normalized spacial score (nSPS) is 15.8. The Bertz CT molecular complexity index is 696. The van der Waals surface area contributed by atoms with E-state index in [2.05, 4.69) is 0 Å². The van der Waals surface area contributed by atoms with Crippen molar-refractivity contribution >= 4 is 5.91 Å². The fraction of sp³-hybridized carbons (Fsp3) is 0.375. The van der Waals surface area contributed by atoms with Crippen LogP contribution in [0, 0.1) is 6.92 Å². The van der Waals surface area contributed by atoms with E-state index < -0.39 is 5.63 Å². The van der Waals surface area contributed by atoms with Crippen LogP contribution in [0.2, 0.25) is 0 Å². The van der Waals surface area contributed by atoms with Gasteiger partial charge < -0.3 is 18.5 Å². The number of ether oxygens (including phenoxy) is 1. The van der Waals surface area contributed by atoms with Crippen LogP contribution in [0.3, 0.4) is 0 Å². The molecule has 6 heteroatoms. The largest absolute Gasteiger partial charge is 0.490 e. The molecule has 0 aromatic carbocycles. The molecule has 2 aromatic rings. The van der Waals surface area contributed by atoms with E-state index in [0.717, 1.165) is 0 Å². The van der Waals surface area contributed by atoms with E-state index in [-0.39, 0.29) is 12.0 Å². The summed E-state index contributed by atoms with van der Waals surface area (Å²) in [6, 6.07) is 6.40. The number of likely N-dealkylation sites (tertiary alicyclic amines) is 1. The van der Waals surface area contributed by atoms with Crippen molar-refractivity contribution in [3.05, 3.63) is 52.5 Å². The third-order valence-electron chi connectivity index (χ3n) is 3.63. The highest BCUT2D eigenvalue weighted by Crippen LogP contribution is 2.20. The number of hydrogen-bond donors (Lipinski definition) is 0. The average molecular weight is 303 g/mol. The van der Waals surface area contributed by atoms with Gasteiger partial charge in [-0.1, -0.05) is 0 Å². The van der Waals surface area contributed by atoms with Gasteiger partial charge in [0.2, 0.25) is 0 Å². The predicted molar refractivity (Wildman–Crippen MR) is 78.0 cm³/mol. The van der Waals surface area contributed by atoms with E-state index in [4.69, 9.17) is 13.6 Å². The molecule has 0 radical (unpaired) electrons. The SMILES string of the molecule is Cc1cc(OC2CCN(C(=O)c3ccco3)CC2)cc(=O)o1. The number of aryl methyl sites for hydroxylation is 1. The van der Waals surface area contributed by atoms with Gasteiger partial charge in [-0.25, -0.2) is 4.79 Å². The number of piperidine rings is 1. The van der Waals surface area contributed by atoms with Gasteiger partial charge in [-0.05, 0) is 19.1 Å². The third kappa shape index (κ3) is 3.21. The molecule has 1 amide bonds. The maximum atomic E-state index is 12.2.